The number of amides is 1. The van der Waals surface area contributed by atoms with Gasteiger partial charge in [0.15, 0.2) is 0 Å². The highest BCUT2D eigenvalue weighted by molar-refractivity contribution is 7.89. The van der Waals surface area contributed by atoms with Gasteiger partial charge in [-0.1, -0.05) is 18.6 Å². The van der Waals surface area contributed by atoms with Gasteiger partial charge in [-0.15, -0.1) is 11.3 Å². The summed E-state index contributed by atoms with van der Waals surface area (Å²) in [7, 11) is -3.79. The Hall–Kier alpha value is -2.76. The van der Waals surface area contributed by atoms with Gasteiger partial charge < -0.3 is 5.32 Å². The molecule has 2 aliphatic rings. The summed E-state index contributed by atoms with van der Waals surface area (Å²) in [4.78, 5) is 16.2. The van der Waals surface area contributed by atoms with Crippen molar-refractivity contribution in [3.63, 3.8) is 0 Å². The van der Waals surface area contributed by atoms with Crippen molar-refractivity contribution >= 4 is 32.3 Å². The van der Waals surface area contributed by atoms with E-state index in [2.05, 4.69) is 11.4 Å². The van der Waals surface area contributed by atoms with E-state index in [1.807, 2.05) is 11.0 Å². The molecule has 1 saturated heterocycles. The molecule has 1 N–H and O–H groups in total. The first-order chi connectivity index (χ1) is 16.4. The van der Waals surface area contributed by atoms with Gasteiger partial charge in [0.1, 0.15) is 17.1 Å². The van der Waals surface area contributed by atoms with E-state index in [0.29, 0.717) is 23.7 Å². The zero-order valence-corrected chi connectivity index (χ0v) is 20.7. The number of piperazine rings is 1. The van der Waals surface area contributed by atoms with Crippen molar-refractivity contribution in [3.8, 4) is 12.1 Å². The summed E-state index contributed by atoms with van der Waals surface area (Å²) >= 11 is 1.51. The summed E-state index contributed by atoms with van der Waals surface area (Å²) in [5.74, 6) is -0.195. The van der Waals surface area contributed by atoms with E-state index in [9.17, 15) is 23.7 Å². The second kappa shape index (κ2) is 10.2. The molecule has 10 heteroatoms. The highest BCUT2D eigenvalue weighted by Crippen LogP contribution is 2.37. The zero-order valence-electron chi connectivity index (χ0n) is 19.1. The average molecular weight is 498 g/mol. The number of rotatable bonds is 5. The number of thiophene rings is 1. The standard InChI is InChI=1S/C24H27N5O3S2/c1-17(23(30)27-24-20(16-26)19-8-3-2-4-9-21(19)33-24)28-11-13-29(14-12-28)34(31,32)22-10-6-5-7-18(22)15-25/h5-7,10,17H,2-4,8-9,11-14H2,1H3,(H,27,30)/t17-/m1/s1. The van der Waals surface area contributed by atoms with Gasteiger partial charge in [0.05, 0.1) is 22.1 Å². The van der Waals surface area contributed by atoms with Gasteiger partial charge in [-0.2, -0.15) is 14.8 Å². The molecular weight excluding hydrogens is 470 g/mol. The number of aryl methyl sites for hydroxylation is 1. The van der Waals surface area contributed by atoms with Gasteiger partial charge in [-0.05, 0) is 50.3 Å². The number of nitriles is 2. The van der Waals surface area contributed by atoms with Crippen molar-refractivity contribution in [3.05, 3.63) is 45.8 Å². The minimum atomic E-state index is -3.79. The average Bonchev–Trinajstić information content (AvgIpc) is 3.01. The Labute approximate surface area is 204 Å². The molecule has 0 saturated carbocycles. The van der Waals surface area contributed by atoms with E-state index < -0.39 is 16.1 Å². The summed E-state index contributed by atoms with van der Waals surface area (Å²) in [6.45, 7) is 3.06. The SMILES string of the molecule is C[C@H](C(=O)Nc1sc2c(c1C#N)CCCCC2)N1CCN(S(=O)(=O)c2ccccc2C#N)CC1. The number of nitrogens with zero attached hydrogens (tertiary/aromatic N) is 4. The smallest absolute Gasteiger partial charge is 0.244 e. The second-order valence-electron chi connectivity index (χ2n) is 8.59. The first-order valence-corrected chi connectivity index (χ1v) is 13.7. The van der Waals surface area contributed by atoms with Gasteiger partial charge in [-0.25, -0.2) is 8.42 Å². The molecule has 2 aromatic rings. The molecule has 1 amide bonds. The molecule has 34 heavy (non-hydrogen) atoms. The predicted octanol–water partition coefficient (Wildman–Crippen LogP) is 3.09. The van der Waals surface area contributed by atoms with E-state index in [1.54, 1.807) is 19.1 Å². The fourth-order valence-corrected chi connectivity index (χ4v) is 7.39. The number of benzene rings is 1. The van der Waals surface area contributed by atoms with Crippen molar-refractivity contribution < 1.29 is 13.2 Å². The highest BCUT2D eigenvalue weighted by Gasteiger charge is 2.33. The van der Waals surface area contributed by atoms with E-state index >= 15 is 0 Å². The molecule has 1 aromatic carbocycles. The molecule has 8 nitrogen and oxygen atoms in total. The van der Waals surface area contributed by atoms with Crippen LogP contribution in [0.25, 0.3) is 0 Å². The lowest BCUT2D eigenvalue weighted by molar-refractivity contribution is -0.121. The predicted molar refractivity (Wildman–Crippen MR) is 130 cm³/mol. The first kappa shape index (κ1) is 24.4. The Kier molecular flexibility index (Phi) is 7.34. The Morgan fingerprint density at radius 2 is 1.76 bits per heavy atom. The third-order valence-corrected chi connectivity index (χ3v) is 9.76. The van der Waals surface area contributed by atoms with Gasteiger partial charge in [-0.3, -0.25) is 9.69 Å². The van der Waals surface area contributed by atoms with Crippen LogP contribution in [0.15, 0.2) is 29.2 Å². The summed E-state index contributed by atoms with van der Waals surface area (Å²) < 4.78 is 27.5. The van der Waals surface area contributed by atoms with Crippen LogP contribution in [0.5, 0.6) is 0 Å². The highest BCUT2D eigenvalue weighted by atomic mass is 32.2. The number of fused-ring (bicyclic) bond motifs is 1. The molecule has 1 fully saturated rings. The largest absolute Gasteiger partial charge is 0.315 e. The van der Waals surface area contributed by atoms with E-state index in [-0.39, 0.29) is 29.5 Å². The fourth-order valence-electron chi connectivity index (χ4n) is 4.59. The van der Waals surface area contributed by atoms with Crippen LogP contribution in [-0.2, 0) is 27.7 Å². The molecule has 1 aliphatic carbocycles. The Bertz CT molecular complexity index is 1260. The van der Waals surface area contributed by atoms with E-state index in [0.717, 1.165) is 37.7 Å². The lowest BCUT2D eigenvalue weighted by atomic mass is 10.1. The lowest BCUT2D eigenvalue weighted by Gasteiger charge is -2.36. The monoisotopic (exact) mass is 497 g/mol. The van der Waals surface area contributed by atoms with Crippen LogP contribution < -0.4 is 5.32 Å². The number of anilines is 1. The van der Waals surface area contributed by atoms with Crippen molar-refractivity contribution in [2.75, 3.05) is 31.5 Å². The maximum absolute atomic E-state index is 13.1. The summed E-state index contributed by atoms with van der Waals surface area (Å²) in [5.41, 5.74) is 1.80. The minimum absolute atomic E-state index is 0.0123. The van der Waals surface area contributed by atoms with Crippen LogP contribution in [-0.4, -0.2) is 55.8 Å². The number of carbonyl (C=O) groups excluding carboxylic acids is 1. The van der Waals surface area contributed by atoms with Gasteiger partial charge in [0, 0.05) is 31.1 Å². The lowest BCUT2D eigenvalue weighted by Crippen LogP contribution is -2.54. The number of carbonyl (C=O) groups is 1. The number of nitrogens with one attached hydrogen (secondary N) is 1. The Balaban J connectivity index is 1.41. The van der Waals surface area contributed by atoms with Crippen LogP contribution in [0, 0.1) is 22.7 Å². The molecule has 178 valence electrons. The molecule has 0 spiro atoms. The van der Waals surface area contributed by atoms with Crippen LogP contribution >= 0.6 is 11.3 Å². The second-order valence-corrected chi connectivity index (χ2v) is 11.6. The maximum atomic E-state index is 13.1. The molecule has 0 bridgehead atoms. The molecule has 4 rings (SSSR count). The molecule has 1 aliphatic heterocycles. The third-order valence-electron chi connectivity index (χ3n) is 6.60. The third kappa shape index (κ3) is 4.73. The Morgan fingerprint density at radius 3 is 2.47 bits per heavy atom. The maximum Gasteiger partial charge on any atom is 0.244 e. The number of hydrogen-bond donors (Lipinski definition) is 1. The summed E-state index contributed by atoms with van der Waals surface area (Å²) in [6, 6.07) is 9.96. The van der Waals surface area contributed by atoms with Crippen molar-refractivity contribution in [2.45, 2.75) is 50.0 Å². The van der Waals surface area contributed by atoms with Crippen LogP contribution in [0.2, 0.25) is 0 Å². The van der Waals surface area contributed by atoms with Gasteiger partial charge >= 0.3 is 0 Å². The topological polar surface area (TPSA) is 117 Å². The molecule has 0 radical (unpaired) electrons. The quantitative estimate of drug-likeness (QED) is 0.635. The van der Waals surface area contributed by atoms with Crippen LogP contribution in [0.1, 0.15) is 47.8 Å². The van der Waals surface area contributed by atoms with Crippen molar-refractivity contribution in [2.24, 2.45) is 0 Å². The summed E-state index contributed by atoms with van der Waals surface area (Å²) in [6.07, 6.45) is 5.16. The van der Waals surface area contributed by atoms with E-state index in [1.165, 1.54) is 32.7 Å². The molecule has 1 aromatic heterocycles. The van der Waals surface area contributed by atoms with Crippen molar-refractivity contribution in [1.29, 1.82) is 10.5 Å². The number of sulfonamides is 1. The van der Waals surface area contributed by atoms with Crippen LogP contribution in [0.3, 0.4) is 0 Å². The van der Waals surface area contributed by atoms with Crippen molar-refractivity contribution in [1.82, 2.24) is 9.21 Å². The molecule has 2 heterocycles. The molecule has 0 unspecified atom stereocenters. The fraction of sp³-hybridized carbons (Fsp3) is 0.458. The Morgan fingerprint density at radius 1 is 1.06 bits per heavy atom. The van der Waals surface area contributed by atoms with Gasteiger partial charge in [0.2, 0.25) is 15.9 Å². The van der Waals surface area contributed by atoms with Crippen LogP contribution in [0.4, 0.5) is 5.00 Å². The molecule has 1 atom stereocenters. The van der Waals surface area contributed by atoms with Gasteiger partial charge in [0.25, 0.3) is 0 Å². The minimum Gasteiger partial charge on any atom is -0.315 e. The zero-order chi connectivity index (χ0) is 24.3. The summed E-state index contributed by atoms with van der Waals surface area (Å²) in [5, 5.41) is 22.6. The first-order valence-electron chi connectivity index (χ1n) is 11.5. The number of hydrogen-bond acceptors (Lipinski definition) is 7. The normalized spacial score (nSPS) is 18.2. The molecular formula is C24H27N5O3S2. The van der Waals surface area contributed by atoms with E-state index in [4.69, 9.17) is 0 Å².